The number of hydrogen-bond acceptors (Lipinski definition) is 4. The molecule has 108 valence electrons. The van der Waals surface area contributed by atoms with Crippen LogP contribution in [0.1, 0.15) is 21.6 Å². The quantitative estimate of drug-likeness (QED) is 0.725. The van der Waals surface area contributed by atoms with Crippen molar-refractivity contribution in [2.45, 2.75) is 18.9 Å². The lowest BCUT2D eigenvalue weighted by Gasteiger charge is -2.24. The van der Waals surface area contributed by atoms with E-state index in [-0.39, 0.29) is 11.8 Å². The maximum absolute atomic E-state index is 12.1. The van der Waals surface area contributed by atoms with Crippen molar-refractivity contribution in [2.75, 3.05) is 6.54 Å². The number of aromatic nitrogens is 3. The van der Waals surface area contributed by atoms with Gasteiger partial charge >= 0.3 is 0 Å². The molecule has 2 aromatic rings. The van der Waals surface area contributed by atoms with E-state index in [1.54, 1.807) is 12.3 Å². The Morgan fingerprint density at radius 2 is 2.24 bits per heavy atom. The first kappa shape index (κ1) is 13.3. The highest BCUT2D eigenvalue weighted by atomic mass is 16.2. The topological polar surface area (TPSA) is 99.8 Å². The Labute approximate surface area is 121 Å². The zero-order valence-corrected chi connectivity index (χ0v) is 11.3. The first-order valence-electron chi connectivity index (χ1n) is 6.75. The van der Waals surface area contributed by atoms with Gasteiger partial charge in [0.2, 0.25) is 5.91 Å². The summed E-state index contributed by atoms with van der Waals surface area (Å²) in [5, 5.41) is 15.7. The fourth-order valence-corrected chi connectivity index (χ4v) is 2.37. The minimum absolute atomic E-state index is 0.179. The van der Waals surface area contributed by atoms with Gasteiger partial charge in [-0.1, -0.05) is 18.2 Å². The molecule has 3 N–H and O–H groups in total. The van der Waals surface area contributed by atoms with Crippen LogP contribution >= 0.6 is 0 Å². The number of nitrogens with one attached hydrogen (secondary N) is 3. The molecule has 0 spiro atoms. The van der Waals surface area contributed by atoms with Gasteiger partial charge in [-0.05, 0) is 11.6 Å². The Balaban J connectivity index is 1.58. The minimum atomic E-state index is -0.523. The van der Waals surface area contributed by atoms with E-state index in [2.05, 4.69) is 26.0 Å². The number of fused-ring (bicyclic) bond motifs is 1. The lowest BCUT2D eigenvalue weighted by atomic mass is 9.95. The van der Waals surface area contributed by atoms with Gasteiger partial charge in [-0.3, -0.25) is 9.59 Å². The summed E-state index contributed by atoms with van der Waals surface area (Å²) in [7, 11) is 0. The van der Waals surface area contributed by atoms with Gasteiger partial charge in [0.15, 0.2) is 0 Å². The van der Waals surface area contributed by atoms with Crippen molar-refractivity contribution in [2.24, 2.45) is 0 Å². The number of benzene rings is 1. The fraction of sp³-hybridized carbons (Fsp3) is 0.286. The van der Waals surface area contributed by atoms with E-state index in [1.165, 1.54) is 0 Å². The molecule has 1 aromatic carbocycles. The monoisotopic (exact) mass is 285 g/mol. The van der Waals surface area contributed by atoms with Gasteiger partial charge < -0.3 is 10.6 Å². The third-order valence-electron chi connectivity index (χ3n) is 3.45. The van der Waals surface area contributed by atoms with Gasteiger partial charge in [0, 0.05) is 24.9 Å². The average Bonchev–Trinajstić information content (AvgIpc) is 3.00. The Morgan fingerprint density at radius 3 is 3.05 bits per heavy atom. The van der Waals surface area contributed by atoms with Gasteiger partial charge in [0.25, 0.3) is 5.91 Å². The van der Waals surface area contributed by atoms with E-state index in [9.17, 15) is 9.59 Å². The number of aromatic amines is 1. The van der Waals surface area contributed by atoms with Crippen LogP contribution in [-0.2, 0) is 17.6 Å². The number of hydrogen-bond donors (Lipinski definition) is 3. The summed E-state index contributed by atoms with van der Waals surface area (Å²) in [6.07, 6.45) is 2.72. The molecule has 0 aliphatic carbocycles. The highest BCUT2D eigenvalue weighted by Gasteiger charge is 2.28. The molecule has 2 amide bonds. The largest absolute Gasteiger partial charge is 0.354 e. The average molecular weight is 285 g/mol. The summed E-state index contributed by atoms with van der Waals surface area (Å²) in [6, 6.07) is 6.81. The Kier molecular flexibility index (Phi) is 3.63. The molecule has 3 rings (SSSR count). The second-order valence-corrected chi connectivity index (χ2v) is 4.89. The number of amides is 2. The van der Waals surface area contributed by atoms with Gasteiger partial charge in [-0.25, -0.2) is 0 Å². The molecule has 21 heavy (non-hydrogen) atoms. The van der Waals surface area contributed by atoms with Crippen molar-refractivity contribution in [1.82, 2.24) is 26.0 Å². The lowest BCUT2D eigenvalue weighted by molar-refractivity contribution is -0.123. The highest BCUT2D eigenvalue weighted by Crippen LogP contribution is 2.16. The second kappa shape index (κ2) is 5.74. The number of rotatable bonds is 4. The molecule has 1 atom stereocenters. The number of nitrogens with zero attached hydrogens (tertiary/aromatic N) is 2. The summed E-state index contributed by atoms with van der Waals surface area (Å²) in [5.41, 5.74) is 2.33. The first-order valence-corrected chi connectivity index (χ1v) is 6.75. The van der Waals surface area contributed by atoms with Crippen LogP contribution < -0.4 is 10.6 Å². The van der Waals surface area contributed by atoms with Gasteiger partial charge in [-0.2, -0.15) is 15.4 Å². The van der Waals surface area contributed by atoms with E-state index < -0.39 is 6.04 Å². The molecule has 0 bridgehead atoms. The van der Waals surface area contributed by atoms with Crippen LogP contribution in [0.3, 0.4) is 0 Å². The maximum atomic E-state index is 12.1. The SMILES string of the molecule is O=C1N[C@@H](C(=O)NCCc2cn[nH]n2)Cc2ccccc21. The Morgan fingerprint density at radius 1 is 1.38 bits per heavy atom. The molecule has 1 aliphatic rings. The van der Waals surface area contributed by atoms with Crippen molar-refractivity contribution in [3.8, 4) is 0 Å². The van der Waals surface area contributed by atoms with Crippen LogP contribution in [0.4, 0.5) is 0 Å². The highest BCUT2D eigenvalue weighted by molar-refractivity contribution is 6.00. The zero-order chi connectivity index (χ0) is 14.7. The Hall–Kier alpha value is -2.70. The standard InChI is InChI=1S/C14H15N5O2/c20-13-11-4-2-1-3-9(11)7-12(17-13)14(21)15-6-5-10-8-16-19-18-10/h1-4,8,12H,5-7H2,(H,15,21)(H,17,20)(H,16,18,19)/t12-/m1/s1. The normalized spacial score (nSPS) is 17.0. The van der Waals surface area contributed by atoms with Gasteiger partial charge in [-0.15, -0.1) is 0 Å². The molecular weight excluding hydrogens is 270 g/mol. The van der Waals surface area contributed by atoms with Gasteiger partial charge in [0.1, 0.15) is 6.04 Å². The molecule has 0 fully saturated rings. The first-order chi connectivity index (χ1) is 10.2. The van der Waals surface area contributed by atoms with Crippen LogP contribution in [0.5, 0.6) is 0 Å². The van der Waals surface area contributed by atoms with Crippen molar-refractivity contribution in [1.29, 1.82) is 0 Å². The second-order valence-electron chi connectivity index (χ2n) is 4.89. The van der Waals surface area contributed by atoms with E-state index in [0.717, 1.165) is 11.3 Å². The summed E-state index contributed by atoms with van der Waals surface area (Å²) < 4.78 is 0. The predicted octanol–water partition coefficient (Wildman–Crippen LogP) is -0.182. The summed E-state index contributed by atoms with van der Waals surface area (Å²) in [5.74, 6) is -0.380. The molecule has 0 unspecified atom stereocenters. The van der Waals surface area contributed by atoms with Crippen LogP contribution in [0.2, 0.25) is 0 Å². The maximum Gasteiger partial charge on any atom is 0.252 e. The molecular formula is C14H15N5O2. The number of carbonyl (C=O) groups is 2. The molecule has 2 heterocycles. The third-order valence-corrected chi connectivity index (χ3v) is 3.45. The van der Waals surface area contributed by atoms with Gasteiger partial charge in [0.05, 0.1) is 11.9 Å². The van der Waals surface area contributed by atoms with E-state index >= 15 is 0 Å². The van der Waals surface area contributed by atoms with Crippen molar-refractivity contribution < 1.29 is 9.59 Å². The smallest absolute Gasteiger partial charge is 0.252 e. The summed E-state index contributed by atoms with van der Waals surface area (Å²) in [6.45, 7) is 0.458. The molecule has 0 saturated heterocycles. The van der Waals surface area contributed by atoms with E-state index in [0.29, 0.717) is 24.9 Å². The fourth-order valence-electron chi connectivity index (χ4n) is 2.37. The predicted molar refractivity (Wildman–Crippen MR) is 74.5 cm³/mol. The molecule has 7 nitrogen and oxygen atoms in total. The van der Waals surface area contributed by atoms with Crippen molar-refractivity contribution >= 4 is 11.8 Å². The summed E-state index contributed by atoms with van der Waals surface area (Å²) in [4.78, 5) is 24.1. The van der Waals surface area contributed by atoms with Crippen LogP contribution in [0.15, 0.2) is 30.5 Å². The minimum Gasteiger partial charge on any atom is -0.354 e. The van der Waals surface area contributed by atoms with Crippen LogP contribution in [-0.4, -0.2) is 39.8 Å². The van der Waals surface area contributed by atoms with Crippen molar-refractivity contribution in [3.63, 3.8) is 0 Å². The Bertz CT molecular complexity index is 653. The zero-order valence-electron chi connectivity index (χ0n) is 11.3. The number of carbonyl (C=O) groups excluding carboxylic acids is 2. The molecule has 1 aromatic heterocycles. The van der Waals surface area contributed by atoms with E-state index in [1.807, 2.05) is 18.2 Å². The van der Waals surface area contributed by atoms with E-state index in [4.69, 9.17) is 0 Å². The molecule has 7 heteroatoms. The van der Waals surface area contributed by atoms with Crippen LogP contribution in [0.25, 0.3) is 0 Å². The van der Waals surface area contributed by atoms with Crippen LogP contribution in [0, 0.1) is 0 Å². The molecule has 0 saturated carbocycles. The molecule has 0 radical (unpaired) electrons. The number of H-pyrrole nitrogens is 1. The summed E-state index contributed by atoms with van der Waals surface area (Å²) >= 11 is 0. The van der Waals surface area contributed by atoms with Crippen molar-refractivity contribution in [3.05, 3.63) is 47.3 Å². The lowest BCUT2D eigenvalue weighted by Crippen LogP contribution is -2.51. The third kappa shape index (κ3) is 2.91. The molecule has 1 aliphatic heterocycles.